The van der Waals surface area contributed by atoms with Crippen molar-refractivity contribution in [2.45, 2.75) is 47.1 Å². The summed E-state index contributed by atoms with van der Waals surface area (Å²) in [5.74, 6) is 2.14. The van der Waals surface area contributed by atoms with Crippen LogP contribution in [0.25, 0.3) is 22.0 Å². The molecule has 0 atom stereocenters. The van der Waals surface area contributed by atoms with Crippen molar-refractivity contribution in [1.29, 1.82) is 0 Å². The molecule has 0 radical (unpaired) electrons. The van der Waals surface area contributed by atoms with Crippen LogP contribution in [0.2, 0.25) is 0 Å². The minimum absolute atomic E-state index is 0.0372. The zero-order valence-corrected chi connectivity index (χ0v) is 21.4. The first kappa shape index (κ1) is 25.6. The van der Waals surface area contributed by atoms with Crippen molar-refractivity contribution in [3.8, 4) is 22.6 Å². The highest BCUT2D eigenvalue weighted by Gasteiger charge is 2.16. The van der Waals surface area contributed by atoms with Gasteiger partial charge >= 0.3 is 0 Å². The summed E-state index contributed by atoms with van der Waals surface area (Å²) in [4.78, 5) is 20.6. The molecule has 0 aliphatic rings. The number of aryl methyl sites for hydroxylation is 1. The van der Waals surface area contributed by atoms with Gasteiger partial charge in [-0.25, -0.2) is 4.98 Å². The van der Waals surface area contributed by atoms with Crippen molar-refractivity contribution in [1.82, 2.24) is 14.5 Å². The lowest BCUT2D eigenvalue weighted by molar-refractivity contribution is 0.298. The van der Waals surface area contributed by atoms with Crippen LogP contribution in [0.3, 0.4) is 0 Å². The fourth-order valence-corrected chi connectivity index (χ4v) is 4.36. The maximum Gasteiger partial charge on any atom is 0.258 e. The first-order valence-corrected chi connectivity index (χ1v) is 12.2. The molecule has 7 heteroatoms. The molecule has 0 aliphatic heterocycles. The molecular weight excluding hydrogens is 428 g/mol. The van der Waals surface area contributed by atoms with Gasteiger partial charge in [0.15, 0.2) is 0 Å². The molecule has 1 N–H and O–H groups in total. The van der Waals surface area contributed by atoms with Crippen LogP contribution in [0.4, 0.5) is 5.82 Å². The van der Waals surface area contributed by atoms with E-state index in [1.54, 1.807) is 14.2 Å². The summed E-state index contributed by atoms with van der Waals surface area (Å²) >= 11 is 0. The Morgan fingerprint density at radius 2 is 1.76 bits per heavy atom. The molecule has 0 fully saturated rings. The number of benzene rings is 1. The highest BCUT2D eigenvalue weighted by Crippen LogP contribution is 2.34. The molecule has 0 amide bonds. The Bertz CT molecular complexity index is 1170. The second kappa shape index (κ2) is 11.9. The van der Waals surface area contributed by atoms with Crippen molar-refractivity contribution >= 4 is 16.7 Å². The molecule has 3 aromatic rings. The fourth-order valence-electron chi connectivity index (χ4n) is 4.36. The summed E-state index contributed by atoms with van der Waals surface area (Å²) < 4.78 is 12.8. The van der Waals surface area contributed by atoms with Crippen molar-refractivity contribution in [2.24, 2.45) is 0 Å². The van der Waals surface area contributed by atoms with Crippen molar-refractivity contribution < 1.29 is 9.47 Å². The molecule has 0 aliphatic carbocycles. The molecule has 0 bridgehead atoms. The summed E-state index contributed by atoms with van der Waals surface area (Å²) in [6, 6.07) is 7.63. The maximum atomic E-state index is 13.5. The molecule has 34 heavy (non-hydrogen) atoms. The molecule has 1 aromatic carbocycles. The van der Waals surface area contributed by atoms with E-state index in [-0.39, 0.29) is 5.56 Å². The number of anilines is 1. The van der Waals surface area contributed by atoms with Crippen LogP contribution in [0, 0.1) is 6.92 Å². The van der Waals surface area contributed by atoms with E-state index >= 15 is 0 Å². The van der Waals surface area contributed by atoms with E-state index in [0.717, 1.165) is 66.9 Å². The number of unbranched alkanes of at least 4 members (excludes halogenated alkanes) is 1. The lowest BCUT2D eigenvalue weighted by Gasteiger charge is -2.18. The molecule has 184 valence electrons. The SMILES string of the molecule is CCN(CC)CCCCNc1cc2c(cn1)cc(-c1cc(OC)cc(OC)c1C)c(=O)n2CC. The third kappa shape index (κ3) is 5.53. The van der Waals surface area contributed by atoms with E-state index in [0.29, 0.717) is 23.6 Å². The number of hydrogen-bond acceptors (Lipinski definition) is 6. The number of nitrogens with one attached hydrogen (secondary N) is 1. The molecule has 0 saturated heterocycles. The van der Waals surface area contributed by atoms with Crippen LogP contribution in [-0.2, 0) is 6.54 Å². The summed E-state index contributed by atoms with van der Waals surface area (Å²) in [6.07, 6.45) is 4.07. The van der Waals surface area contributed by atoms with Gasteiger partial charge in [-0.15, -0.1) is 0 Å². The second-order valence-corrected chi connectivity index (χ2v) is 8.40. The van der Waals surface area contributed by atoms with Crippen LogP contribution in [0.5, 0.6) is 11.5 Å². The van der Waals surface area contributed by atoms with E-state index < -0.39 is 0 Å². The predicted molar refractivity (Wildman–Crippen MR) is 140 cm³/mol. The number of ether oxygens (including phenoxy) is 2. The topological polar surface area (TPSA) is 68.6 Å². The number of rotatable bonds is 12. The summed E-state index contributed by atoms with van der Waals surface area (Å²) in [5.41, 5.74) is 3.16. The monoisotopic (exact) mass is 466 g/mol. The summed E-state index contributed by atoms with van der Waals surface area (Å²) in [6.45, 7) is 13.1. The molecule has 2 aromatic heterocycles. The smallest absolute Gasteiger partial charge is 0.258 e. The highest BCUT2D eigenvalue weighted by atomic mass is 16.5. The van der Waals surface area contributed by atoms with Gasteiger partial charge in [0.2, 0.25) is 0 Å². The Kier molecular flexibility index (Phi) is 8.93. The van der Waals surface area contributed by atoms with E-state index in [9.17, 15) is 4.79 Å². The van der Waals surface area contributed by atoms with Crippen molar-refractivity contribution in [2.75, 3.05) is 45.7 Å². The van der Waals surface area contributed by atoms with Gasteiger partial charge in [0, 0.05) is 42.4 Å². The van der Waals surface area contributed by atoms with Crippen molar-refractivity contribution in [3.05, 3.63) is 46.4 Å². The first-order valence-electron chi connectivity index (χ1n) is 12.2. The Morgan fingerprint density at radius 1 is 1.00 bits per heavy atom. The predicted octanol–water partition coefficient (Wildman–Crippen LogP) is 4.94. The normalized spacial score (nSPS) is 11.3. The van der Waals surface area contributed by atoms with Gasteiger partial charge in [0.1, 0.15) is 17.3 Å². The highest BCUT2D eigenvalue weighted by molar-refractivity contribution is 5.86. The molecule has 2 heterocycles. The Balaban J connectivity index is 1.90. The average molecular weight is 467 g/mol. The summed E-state index contributed by atoms with van der Waals surface area (Å²) in [5, 5.41) is 4.35. The molecule has 0 spiro atoms. The second-order valence-electron chi connectivity index (χ2n) is 8.40. The first-order chi connectivity index (χ1) is 16.5. The van der Waals surface area contributed by atoms with E-state index in [2.05, 4.69) is 29.0 Å². The number of methoxy groups -OCH3 is 2. The van der Waals surface area contributed by atoms with Crippen LogP contribution >= 0.6 is 0 Å². The third-order valence-electron chi connectivity index (χ3n) is 6.48. The van der Waals surface area contributed by atoms with E-state index in [4.69, 9.17) is 9.47 Å². The Labute approximate surface area is 202 Å². The van der Waals surface area contributed by atoms with Crippen LogP contribution in [-0.4, -0.2) is 54.8 Å². The van der Waals surface area contributed by atoms with E-state index in [1.807, 2.05) is 48.9 Å². The molecule has 7 nitrogen and oxygen atoms in total. The zero-order valence-electron chi connectivity index (χ0n) is 21.4. The lowest BCUT2D eigenvalue weighted by Crippen LogP contribution is -2.24. The molecule has 3 rings (SSSR count). The van der Waals surface area contributed by atoms with Gasteiger partial charge in [0.25, 0.3) is 5.56 Å². The van der Waals surface area contributed by atoms with Gasteiger partial charge in [-0.2, -0.15) is 0 Å². The van der Waals surface area contributed by atoms with Crippen molar-refractivity contribution in [3.63, 3.8) is 0 Å². The number of nitrogens with zero attached hydrogens (tertiary/aromatic N) is 3. The zero-order chi connectivity index (χ0) is 24.7. The number of hydrogen-bond donors (Lipinski definition) is 1. The van der Waals surface area contributed by atoms with Gasteiger partial charge in [0.05, 0.1) is 19.7 Å². The summed E-state index contributed by atoms with van der Waals surface area (Å²) in [7, 11) is 3.24. The lowest BCUT2D eigenvalue weighted by atomic mass is 9.99. The van der Waals surface area contributed by atoms with Gasteiger partial charge < -0.3 is 24.3 Å². The van der Waals surface area contributed by atoms with Crippen LogP contribution in [0.1, 0.15) is 39.2 Å². The van der Waals surface area contributed by atoms with Gasteiger partial charge in [-0.05, 0) is 69.6 Å². The maximum absolute atomic E-state index is 13.5. The van der Waals surface area contributed by atoms with Gasteiger partial charge in [-0.1, -0.05) is 13.8 Å². The number of fused-ring (bicyclic) bond motifs is 1. The Morgan fingerprint density at radius 3 is 2.41 bits per heavy atom. The molecule has 0 unspecified atom stereocenters. The standard InChI is InChI=1S/C27H38N4O3/c1-7-30(8-2)13-11-10-12-28-26-17-24-20(18-29-26)14-23(27(32)31(24)9-3)22-15-21(33-5)16-25(34-6)19(22)4/h14-18H,7-13H2,1-6H3,(H,28,29). The largest absolute Gasteiger partial charge is 0.497 e. The van der Waals surface area contributed by atoms with Gasteiger partial charge in [-0.3, -0.25) is 4.79 Å². The minimum atomic E-state index is -0.0372. The number of aromatic nitrogens is 2. The third-order valence-corrected chi connectivity index (χ3v) is 6.48. The quantitative estimate of drug-likeness (QED) is 0.381. The average Bonchev–Trinajstić information content (AvgIpc) is 2.86. The molecular formula is C27H38N4O3. The van der Waals surface area contributed by atoms with Crippen LogP contribution < -0.4 is 20.3 Å². The Hall–Kier alpha value is -3.06. The van der Waals surface area contributed by atoms with Crippen LogP contribution in [0.15, 0.2) is 35.3 Å². The fraction of sp³-hybridized carbons (Fsp3) is 0.481. The van der Waals surface area contributed by atoms with E-state index in [1.165, 1.54) is 0 Å². The molecule has 0 saturated carbocycles. The minimum Gasteiger partial charge on any atom is -0.497 e. The number of pyridine rings is 2.